The maximum atomic E-state index is 12.0. The number of carboxylic acid groups (broad SMARTS) is 1. The molecule has 0 heterocycles. The molecule has 0 aromatic carbocycles. The van der Waals surface area contributed by atoms with E-state index < -0.39 is 12.1 Å². The van der Waals surface area contributed by atoms with Crippen molar-refractivity contribution in [3.8, 4) is 0 Å². The molecule has 1 saturated carbocycles. The number of hydrogen-bond acceptors (Lipinski definition) is 3. The Morgan fingerprint density at radius 3 is 2.44 bits per heavy atom. The van der Waals surface area contributed by atoms with Crippen LogP contribution in [-0.4, -0.2) is 47.2 Å². The molecular formula is C13H23NO4. The summed E-state index contributed by atoms with van der Waals surface area (Å²) < 4.78 is 5.05. The highest BCUT2D eigenvalue weighted by Gasteiger charge is 2.25. The van der Waals surface area contributed by atoms with Crippen LogP contribution in [0.15, 0.2) is 0 Å². The van der Waals surface area contributed by atoms with Crippen LogP contribution < -0.4 is 0 Å². The van der Waals surface area contributed by atoms with E-state index in [1.165, 1.54) is 26.2 Å². The number of ether oxygens (including phenoxy) is 1. The van der Waals surface area contributed by atoms with Gasteiger partial charge in [-0.25, -0.2) is 4.79 Å². The lowest BCUT2D eigenvalue weighted by atomic mass is 9.94. The van der Waals surface area contributed by atoms with E-state index in [1.807, 2.05) is 11.8 Å². The molecule has 1 aliphatic carbocycles. The van der Waals surface area contributed by atoms with Crippen LogP contribution in [-0.2, 0) is 14.3 Å². The highest BCUT2D eigenvalue weighted by Crippen LogP contribution is 2.22. The Bertz CT molecular complexity index is 287. The van der Waals surface area contributed by atoms with Gasteiger partial charge in [-0.15, -0.1) is 0 Å². The topological polar surface area (TPSA) is 66.8 Å². The third-order valence-electron chi connectivity index (χ3n) is 3.48. The molecule has 5 nitrogen and oxygen atoms in total. The van der Waals surface area contributed by atoms with E-state index in [2.05, 4.69) is 0 Å². The first-order valence-electron chi connectivity index (χ1n) is 6.70. The van der Waals surface area contributed by atoms with Crippen LogP contribution in [0, 0.1) is 0 Å². The summed E-state index contributed by atoms with van der Waals surface area (Å²) in [5.41, 5.74) is 0. The molecule has 0 aromatic rings. The van der Waals surface area contributed by atoms with Gasteiger partial charge in [0.1, 0.15) is 6.61 Å². The quantitative estimate of drug-likeness (QED) is 0.785. The van der Waals surface area contributed by atoms with Gasteiger partial charge in [0, 0.05) is 12.6 Å². The minimum absolute atomic E-state index is 0.0995. The Balaban J connectivity index is 2.43. The Morgan fingerprint density at radius 1 is 1.33 bits per heavy atom. The van der Waals surface area contributed by atoms with Crippen molar-refractivity contribution in [2.45, 2.75) is 58.1 Å². The Morgan fingerprint density at radius 2 is 1.94 bits per heavy atom. The van der Waals surface area contributed by atoms with Gasteiger partial charge in [-0.1, -0.05) is 19.3 Å². The van der Waals surface area contributed by atoms with Gasteiger partial charge in [-0.3, -0.25) is 4.79 Å². The van der Waals surface area contributed by atoms with Crippen LogP contribution in [0.4, 0.5) is 0 Å². The first-order chi connectivity index (χ1) is 8.56. The predicted molar refractivity (Wildman–Crippen MR) is 67.3 cm³/mol. The lowest BCUT2D eigenvalue weighted by molar-refractivity contribution is -0.153. The van der Waals surface area contributed by atoms with E-state index in [0.717, 1.165) is 12.8 Å². The fraction of sp³-hybridized carbons (Fsp3) is 0.846. The van der Waals surface area contributed by atoms with E-state index in [4.69, 9.17) is 9.84 Å². The number of nitrogens with zero attached hydrogens (tertiary/aromatic N) is 1. The van der Waals surface area contributed by atoms with Gasteiger partial charge in [0.15, 0.2) is 6.10 Å². The third kappa shape index (κ3) is 4.29. The van der Waals surface area contributed by atoms with Crippen molar-refractivity contribution in [3.05, 3.63) is 0 Å². The summed E-state index contributed by atoms with van der Waals surface area (Å²) in [5, 5.41) is 8.69. The number of carbonyl (C=O) groups is 2. The Kier molecular flexibility index (Phi) is 6.12. The number of aliphatic carboxylic acids is 1. The van der Waals surface area contributed by atoms with Crippen molar-refractivity contribution in [1.29, 1.82) is 0 Å². The maximum Gasteiger partial charge on any atom is 0.332 e. The molecular weight excluding hydrogens is 234 g/mol. The zero-order valence-corrected chi connectivity index (χ0v) is 11.2. The molecule has 0 bridgehead atoms. The van der Waals surface area contributed by atoms with Crippen LogP contribution in [0.25, 0.3) is 0 Å². The Hall–Kier alpha value is -1.10. The van der Waals surface area contributed by atoms with E-state index in [0.29, 0.717) is 12.6 Å². The van der Waals surface area contributed by atoms with Crippen molar-refractivity contribution in [3.63, 3.8) is 0 Å². The molecule has 18 heavy (non-hydrogen) atoms. The van der Waals surface area contributed by atoms with E-state index in [1.54, 1.807) is 0 Å². The van der Waals surface area contributed by atoms with Crippen LogP contribution in [0.3, 0.4) is 0 Å². The predicted octanol–water partition coefficient (Wildman–Crippen LogP) is 1.66. The minimum Gasteiger partial charge on any atom is -0.479 e. The van der Waals surface area contributed by atoms with Crippen LogP contribution >= 0.6 is 0 Å². The van der Waals surface area contributed by atoms with Gasteiger partial charge in [-0.05, 0) is 26.7 Å². The van der Waals surface area contributed by atoms with E-state index >= 15 is 0 Å². The molecule has 1 aliphatic rings. The van der Waals surface area contributed by atoms with Gasteiger partial charge in [-0.2, -0.15) is 0 Å². The largest absolute Gasteiger partial charge is 0.479 e. The second-order valence-corrected chi connectivity index (χ2v) is 4.76. The number of rotatable bonds is 6. The van der Waals surface area contributed by atoms with Crippen LogP contribution in [0.2, 0.25) is 0 Å². The monoisotopic (exact) mass is 257 g/mol. The third-order valence-corrected chi connectivity index (χ3v) is 3.48. The van der Waals surface area contributed by atoms with Crippen molar-refractivity contribution in [2.24, 2.45) is 0 Å². The zero-order valence-electron chi connectivity index (χ0n) is 11.2. The van der Waals surface area contributed by atoms with Crippen molar-refractivity contribution in [2.75, 3.05) is 13.2 Å². The van der Waals surface area contributed by atoms with Gasteiger partial charge < -0.3 is 14.7 Å². The summed E-state index contributed by atoms with van der Waals surface area (Å²) in [5.74, 6) is -1.14. The first-order valence-corrected chi connectivity index (χ1v) is 6.70. The van der Waals surface area contributed by atoms with E-state index in [-0.39, 0.29) is 12.5 Å². The normalized spacial score (nSPS) is 18.3. The average molecular weight is 257 g/mol. The van der Waals surface area contributed by atoms with Crippen molar-refractivity contribution < 1.29 is 19.4 Å². The summed E-state index contributed by atoms with van der Waals surface area (Å²) in [6.45, 7) is 3.91. The number of carboxylic acids is 1. The molecule has 1 fully saturated rings. The van der Waals surface area contributed by atoms with Crippen molar-refractivity contribution >= 4 is 11.9 Å². The average Bonchev–Trinajstić information content (AvgIpc) is 2.38. The summed E-state index contributed by atoms with van der Waals surface area (Å²) in [6, 6.07) is 0.306. The zero-order chi connectivity index (χ0) is 13.5. The molecule has 5 heteroatoms. The molecule has 0 radical (unpaired) electrons. The highest BCUT2D eigenvalue weighted by atomic mass is 16.5. The molecule has 0 saturated heterocycles. The SMILES string of the molecule is CCN(C(=O)COC(C)C(=O)O)C1CCCCC1. The smallest absolute Gasteiger partial charge is 0.332 e. The molecule has 1 amide bonds. The lowest BCUT2D eigenvalue weighted by Gasteiger charge is -2.33. The number of amides is 1. The number of likely N-dealkylation sites (N-methyl/N-ethyl adjacent to an activating group) is 1. The number of hydrogen-bond donors (Lipinski definition) is 1. The minimum atomic E-state index is -1.04. The van der Waals surface area contributed by atoms with Gasteiger partial charge in [0.25, 0.3) is 0 Å². The second kappa shape index (κ2) is 7.36. The van der Waals surface area contributed by atoms with Gasteiger partial charge in [0.05, 0.1) is 0 Å². The second-order valence-electron chi connectivity index (χ2n) is 4.76. The molecule has 104 valence electrons. The summed E-state index contributed by atoms with van der Waals surface area (Å²) >= 11 is 0. The van der Waals surface area contributed by atoms with Crippen LogP contribution in [0.1, 0.15) is 46.0 Å². The highest BCUT2D eigenvalue weighted by molar-refractivity contribution is 5.78. The summed E-state index contributed by atoms with van der Waals surface area (Å²) in [4.78, 5) is 24.4. The lowest BCUT2D eigenvalue weighted by Crippen LogP contribution is -2.43. The van der Waals surface area contributed by atoms with Crippen molar-refractivity contribution in [1.82, 2.24) is 4.90 Å². The molecule has 1 N–H and O–H groups in total. The fourth-order valence-corrected chi connectivity index (χ4v) is 2.38. The molecule has 0 aliphatic heterocycles. The molecule has 0 aromatic heterocycles. The molecule has 1 atom stereocenters. The number of carbonyl (C=O) groups excluding carboxylic acids is 1. The van der Waals surface area contributed by atoms with Gasteiger partial charge in [0.2, 0.25) is 5.91 Å². The van der Waals surface area contributed by atoms with E-state index in [9.17, 15) is 9.59 Å². The van der Waals surface area contributed by atoms with Crippen LogP contribution in [0.5, 0.6) is 0 Å². The summed E-state index contributed by atoms with van der Waals surface area (Å²) in [7, 11) is 0. The maximum absolute atomic E-state index is 12.0. The fourth-order valence-electron chi connectivity index (χ4n) is 2.38. The molecule has 1 unspecified atom stereocenters. The first kappa shape index (κ1) is 15.0. The Labute approximate surface area is 108 Å². The summed E-state index contributed by atoms with van der Waals surface area (Å²) in [6.07, 6.45) is 4.75. The standard InChI is InChI=1S/C13H23NO4/c1-3-14(11-7-5-4-6-8-11)12(15)9-18-10(2)13(16)17/h10-11H,3-9H2,1-2H3,(H,16,17). The molecule has 1 rings (SSSR count). The molecule has 0 spiro atoms. The van der Waals surface area contributed by atoms with Gasteiger partial charge >= 0.3 is 5.97 Å².